The monoisotopic (exact) mass is 533 g/mol. The topological polar surface area (TPSA) is 95.2 Å². The van der Waals surface area contributed by atoms with Crippen molar-refractivity contribution in [3.8, 4) is 22.6 Å². The molecule has 7 nitrogen and oxygen atoms in total. The molecule has 3 N–H and O–H groups in total. The Bertz CT molecular complexity index is 1780. The van der Waals surface area contributed by atoms with E-state index in [9.17, 15) is 0 Å². The Kier molecular flexibility index (Phi) is 7.17. The van der Waals surface area contributed by atoms with Crippen LogP contribution in [0.4, 0.5) is 4.39 Å². The van der Waals surface area contributed by atoms with Gasteiger partial charge in [0.05, 0.1) is 11.0 Å². The third kappa shape index (κ3) is 5.47. The van der Waals surface area contributed by atoms with Gasteiger partial charge in [-0.3, -0.25) is 10.1 Å². The highest BCUT2D eigenvalue weighted by Gasteiger charge is 2.19. The number of benzene rings is 1. The summed E-state index contributed by atoms with van der Waals surface area (Å²) < 4.78 is 15.4. The fourth-order valence-corrected chi connectivity index (χ4v) is 4.74. The minimum absolute atomic E-state index is 0.0829. The van der Waals surface area contributed by atoms with Crippen LogP contribution in [0.3, 0.4) is 0 Å². The second-order valence-electron chi connectivity index (χ2n) is 10.8. The molecule has 0 saturated carbocycles. The smallest absolute Gasteiger partial charge is 0.178 e. The number of aromatic amines is 2. The van der Waals surface area contributed by atoms with E-state index in [0.717, 1.165) is 39.8 Å². The van der Waals surface area contributed by atoms with Gasteiger partial charge in [-0.2, -0.15) is 5.10 Å². The van der Waals surface area contributed by atoms with Crippen molar-refractivity contribution in [3.05, 3.63) is 103 Å². The second-order valence-corrected chi connectivity index (χ2v) is 10.8. The molecule has 0 radical (unpaired) electrons. The van der Waals surface area contributed by atoms with Gasteiger partial charge in [0.1, 0.15) is 11.5 Å². The summed E-state index contributed by atoms with van der Waals surface area (Å²) >= 11 is 0. The molecule has 0 atom stereocenters. The van der Waals surface area contributed by atoms with Crippen molar-refractivity contribution in [3.63, 3.8) is 0 Å². The molecule has 1 aromatic carbocycles. The lowest BCUT2D eigenvalue weighted by atomic mass is 9.91. The highest BCUT2D eigenvalue weighted by molar-refractivity contribution is 5.97. The third-order valence-corrected chi connectivity index (χ3v) is 6.46. The summed E-state index contributed by atoms with van der Waals surface area (Å²) in [6.07, 6.45) is 11.5. The first kappa shape index (κ1) is 26.7. The molecule has 0 amide bonds. The average Bonchev–Trinajstić information content (AvgIpc) is 3.53. The molecule has 0 aliphatic carbocycles. The Labute approximate surface area is 232 Å². The van der Waals surface area contributed by atoms with Gasteiger partial charge in [0.15, 0.2) is 11.5 Å². The molecule has 4 aromatic heterocycles. The number of nitrogens with zero attached hydrogens (tertiary/aromatic N) is 4. The van der Waals surface area contributed by atoms with E-state index in [0.29, 0.717) is 33.8 Å². The molecule has 5 rings (SSSR count). The predicted octanol–water partition coefficient (Wildman–Crippen LogP) is 7.72. The number of fused-ring (bicyclic) bond motifs is 2. The number of pyridine rings is 2. The van der Waals surface area contributed by atoms with Crippen LogP contribution in [0.5, 0.6) is 0 Å². The van der Waals surface area contributed by atoms with E-state index >= 15 is 4.39 Å². The van der Waals surface area contributed by atoms with Gasteiger partial charge in [-0.05, 0) is 54.7 Å². The summed E-state index contributed by atoms with van der Waals surface area (Å²) in [5, 5.41) is 11.5. The number of rotatable bonds is 8. The third-order valence-electron chi connectivity index (χ3n) is 6.46. The van der Waals surface area contributed by atoms with E-state index in [4.69, 9.17) is 4.98 Å². The van der Waals surface area contributed by atoms with Gasteiger partial charge in [0.2, 0.25) is 0 Å². The summed E-state index contributed by atoms with van der Waals surface area (Å²) in [5.41, 5.74) is 7.18. The molecule has 40 heavy (non-hydrogen) atoms. The van der Waals surface area contributed by atoms with Crippen molar-refractivity contribution in [2.45, 2.75) is 34.1 Å². The number of halogens is 1. The lowest BCUT2D eigenvalue weighted by Gasteiger charge is -2.21. The van der Waals surface area contributed by atoms with Gasteiger partial charge in [-0.25, -0.2) is 14.4 Å². The van der Waals surface area contributed by atoms with Crippen molar-refractivity contribution >= 4 is 27.6 Å². The number of allylic oxidation sites excluding steroid dienone is 5. The standard InChI is InChI=1S/C32H32FN7/c1-7-20(14-22(8-2)36-19(3)17-32(4,5)6)24-15-25-27(16-26(24)33)39-40-29(25)31-37-28-23(11-13-35-30(28)38-31)21-10-9-12-34-18-21/h7-16,18,36H,2-3,17H2,1,4-6H3,(H,39,40)(H,35,37,38)/b20-7+,22-14+. The number of H-pyrrole nitrogens is 2. The first-order valence-corrected chi connectivity index (χ1v) is 13.1. The lowest BCUT2D eigenvalue weighted by Crippen LogP contribution is -2.16. The van der Waals surface area contributed by atoms with Crippen LogP contribution >= 0.6 is 0 Å². The van der Waals surface area contributed by atoms with Crippen LogP contribution in [-0.2, 0) is 0 Å². The Morgan fingerprint density at radius 3 is 2.70 bits per heavy atom. The second kappa shape index (κ2) is 10.7. The zero-order valence-corrected chi connectivity index (χ0v) is 23.1. The SMILES string of the molecule is C=C/C(=C\C(=C/C)c1cc2c(-c3nc4nccc(-c5cccnc5)c4[nH]3)n[nH]c2cc1F)NC(=C)CC(C)(C)C. The quantitative estimate of drug-likeness (QED) is 0.178. The minimum atomic E-state index is -0.367. The fraction of sp³-hybridized carbons (Fsp3) is 0.188. The maximum atomic E-state index is 15.4. The molecule has 202 valence electrons. The summed E-state index contributed by atoms with van der Waals surface area (Å²) in [5.74, 6) is 0.168. The van der Waals surface area contributed by atoms with E-state index in [-0.39, 0.29) is 11.2 Å². The molecule has 0 unspecified atom stereocenters. The van der Waals surface area contributed by atoms with Gasteiger partial charge >= 0.3 is 0 Å². The van der Waals surface area contributed by atoms with E-state index in [2.05, 4.69) is 64.4 Å². The maximum Gasteiger partial charge on any atom is 0.178 e. The largest absolute Gasteiger partial charge is 0.359 e. The number of hydrogen-bond acceptors (Lipinski definition) is 5. The number of nitrogens with one attached hydrogen (secondary N) is 3. The maximum absolute atomic E-state index is 15.4. The van der Waals surface area contributed by atoms with Crippen LogP contribution in [0.1, 0.15) is 39.7 Å². The Morgan fingerprint density at radius 2 is 2.00 bits per heavy atom. The Morgan fingerprint density at radius 1 is 1.18 bits per heavy atom. The highest BCUT2D eigenvalue weighted by atomic mass is 19.1. The van der Waals surface area contributed by atoms with E-state index in [1.165, 1.54) is 6.07 Å². The van der Waals surface area contributed by atoms with Crippen LogP contribution in [0.25, 0.3) is 50.3 Å². The van der Waals surface area contributed by atoms with Crippen LogP contribution < -0.4 is 5.32 Å². The number of aromatic nitrogens is 6. The summed E-state index contributed by atoms with van der Waals surface area (Å²) in [6.45, 7) is 16.4. The predicted molar refractivity (Wildman–Crippen MR) is 160 cm³/mol. The molecule has 8 heteroatoms. The highest BCUT2D eigenvalue weighted by Crippen LogP contribution is 2.33. The zero-order valence-electron chi connectivity index (χ0n) is 23.1. The van der Waals surface area contributed by atoms with Crippen molar-refractivity contribution < 1.29 is 4.39 Å². The molecule has 5 aromatic rings. The Balaban J connectivity index is 1.55. The molecule has 0 bridgehead atoms. The molecular weight excluding hydrogens is 501 g/mol. The molecule has 0 aliphatic rings. The zero-order chi connectivity index (χ0) is 28.4. The van der Waals surface area contributed by atoms with E-state index < -0.39 is 0 Å². The molecule has 0 fully saturated rings. The minimum Gasteiger partial charge on any atom is -0.359 e. The van der Waals surface area contributed by atoms with Gasteiger partial charge in [-0.1, -0.05) is 46.1 Å². The van der Waals surface area contributed by atoms with Crippen molar-refractivity contribution in [2.75, 3.05) is 0 Å². The number of imidazole rings is 1. The van der Waals surface area contributed by atoms with Gasteiger partial charge in [-0.15, -0.1) is 0 Å². The van der Waals surface area contributed by atoms with Crippen LogP contribution in [0, 0.1) is 11.2 Å². The first-order chi connectivity index (χ1) is 19.2. The molecule has 0 spiro atoms. The van der Waals surface area contributed by atoms with E-state index in [1.807, 2.05) is 37.3 Å². The van der Waals surface area contributed by atoms with Crippen molar-refractivity contribution in [1.29, 1.82) is 0 Å². The summed E-state index contributed by atoms with van der Waals surface area (Å²) in [6, 6.07) is 9.04. The first-order valence-electron chi connectivity index (χ1n) is 13.1. The Hall–Kier alpha value is -4.85. The van der Waals surface area contributed by atoms with Gasteiger partial charge in [0.25, 0.3) is 0 Å². The molecular formula is C32H32FN7. The fourth-order valence-electron chi connectivity index (χ4n) is 4.74. The molecule has 0 aliphatic heterocycles. The van der Waals surface area contributed by atoms with Crippen LogP contribution in [0.2, 0.25) is 0 Å². The van der Waals surface area contributed by atoms with Gasteiger partial charge in [0, 0.05) is 58.1 Å². The number of hydrogen-bond donors (Lipinski definition) is 3. The average molecular weight is 534 g/mol. The van der Waals surface area contributed by atoms with Crippen molar-refractivity contribution in [2.24, 2.45) is 5.41 Å². The van der Waals surface area contributed by atoms with Crippen LogP contribution in [-0.4, -0.2) is 30.1 Å². The van der Waals surface area contributed by atoms with E-state index in [1.54, 1.807) is 30.7 Å². The van der Waals surface area contributed by atoms with Crippen LogP contribution in [0.15, 0.2) is 91.7 Å². The summed E-state index contributed by atoms with van der Waals surface area (Å²) in [7, 11) is 0. The molecule has 4 heterocycles. The van der Waals surface area contributed by atoms with Gasteiger partial charge < -0.3 is 10.3 Å². The summed E-state index contributed by atoms with van der Waals surface area (Å²) in [4.78, 5) is 16.8. The normalized spacial score (nSPS) is 12.7. The lowest BCUT2D eigenvalue weighted by molar-refractivity contribution is 0.403. The van der Waals surface area contributed by atoms with Crippen molar-refractivity contribution in [1.82, 2.24) is 35.5 Å². The molecule has 0 saturated heterocycles.